The summed E-state index contributed by atoms with van der Waals surface area (Å²) in [6, 6.07) is 10.2. The molecule has 0 bridgehead atoms. The van der Waals surface area contributed by atoms with E-state index in [1.54, 1.807) is 36.4 Å². The van der Waals surface area contributed by atoms with Gasteiger partial charge < -0.3 is 17.2 Å². The number of benzene rings is 2. The number of hydrogen-bond acceptors (Lipinski definition) is 5. The van der Waals surface area contributed by atoms with Gasteiger partial charge in [-0.05, 0) is 35.4 Å². The third kappa shape index (κ3) is 2.59. The van der Waals surface area contributed by atoms with E-state index in [0.29, 0.717) is 16.9 Å². The van der Waals surface area contributed by atoms with Crippen LogP contribution in [0.1, 0.15) is 15.9 Å². The fourth-order valence-electron chi connectivity index (χ4n) is 1.94. The lowest BCUT2D eigenvalue weighted by atomic mass is 9.99. The van der Waals surface area contributed by atoms with Crippen LogP contribution in [0.15, 0.2) is 41.6 Å². The zero-order valence-corrected chi connectivity index (χ0v) is 10.7. The van der Waals surface area contributed by atoms with Gasteiger partial charge in [0, 0.05) is 16.9 Å². The van der Waals surface area contributed by atoms with Gasteiger partial charge in [0.25, 0.3) is 5.91 Å². The van der Waals surface area contributed by atoms with E-state index < -0.39 is 5.91 Å². The molecule has 0 atom stereocenters. The molecule has 102 valence electrons. The monoisotopic (exact) mass is 270 g/mol. The number of nitrogens with zero attached hydrogens (tertiary/aromatic N) is 1. The molecule has 6 nitrogen and oxygen atoms in total. The van der Waals surface area contributed by atoms with Crippen molar-refractivity contribution in [2.75, 3.05) is 11.5 Å². The number of nitroso groups, excluding NO2 is 1. The molecule has 0 aliphatic rings. The molecule has 2 rings (SSSR count). The second-order valence-corrected chi connectivity index (χ2v) is 4.37. The van der Waals surface area contributed by atoms with Crippen LogP contribution in [-0.2, 0) is 6.54 Å². The average Bonchev–Trinajstić information content (AvgIpc) is 2.42. The van der Waals surface area contributed by atoms with Crippen molar-refractivity contribution in [3.8, 4) is 11.1 Å². The van der Waals surface area contributed by atoms with E-state index in [9.17, 15) is 9.70 Å². The fourth-order valence-corrected chi connectivity index (χ4v) is 1.94. The Morgan fingerprint density at radius 3 is 2.20 bits per heavy atom. The quantitative estimate of drug-likeness (QED) is 0.579. The molecule has 0 saturated heterocycles. The Balaban J connectivity index is 2.51. The molecule has 1 amide bonds. The van der Waals surface area contributed by atoms with E-state index in [2.05, 4.69) is 5.18 Å². The molecule has 2 aromatic carbocycles. The first-order valence-corrected chi connectivity index (χ1v) is 5.90. The van der Waals surface area contributed by atoms with Crippen LogP contribution < -0.4 is 17.2 Å². The number of hydrogen-bond donors (Lipinski definition) is 3. The van der Waals surface area contributed by atoms with E-state index in [-0.39, 0.29) is 12.1 Å². The Morgan fingerprint density at radius 1 is 1.00 bits per heavy atom. The highest BCUT2D eigenvalue weighted by molar-refractivity contribution is 5.99. The maximum Gasteiger partial charge on any atom is 0.250 e. The predicted molar refractivity (Wildman–Crippen MR) is 78.7 cm³/mol. The van der Waals surface area contributed by atoms with Crippen LogP contribution in [0.5, 0.6) is 0 Å². The van der Waals surface area contributed by atoms with Crippen molar-refractivity contribution in [2.24, 2.45) is 10.9 Å². The van der Waals surface area contributed by atoms with Crippen LogP contribution in [0.3, 0.4) is 0 Å². The molecule has 0 fully saturated rings. The highest BCUT2D eigenvalue weighted by Gasteiger charge is 2.09. The molecule has 0 unspecified atom stereocenters. The Kier molecular flexibility index (Phi) is 3.65. The predicted octanol–water partition coefficient (Wildman–Crippen LogP) is 1.88. The summed E-state index contributed by atoms with van der Waals surface area (Å²) in [6.07, 6.45) is 0. The fraction of sp³-hybridized carbons (Fsp3) is 0.0714. The van der Waals surface area contributed by atoms with Crippen molar-refractivity contribution in [3.63, 3.8) is 0 Å². The molecule has 6 heteroatoms. The van der Waals surface area contributed by atoms with Crippen molar-refractivity contribution in [1.29, 1.82) is 0 Å². The van der Waals surface area contributed by atoms with Crippen LogP contribution in [0, 0.1) is 4.91 Å². The number of anilines is 2. The zero-order chi connectivity index (χ0) is 14.7. The summed E-state index contributed by atoms with van der Waals surface area (Å²) in [5.74, 6) is -0.588. The number of carbonyl (C=O) groups excluding carboxylic acids is 1. The van der Waals surface area contributed by atoms with Gasteiger partial charge in [-0.3, -0.25) is 4.79 Å². The summed E-state index contributed by atoms with van der Waals surface area (Å²) < 4.78 is 0. The van der Waals surface area contributed by atoms with Gasteiger partial charge >= 0.3 is 0 Å². The largest absolute Gasteiger partial charge is 0.398 e. The van der Waals surface area contributed by atoms with Gasteiger partial charge in [-0.2, -0.15) is 4.91 Å². The number of carbonyl (C=O) groups is 1. The molecule has 0 aromatic heterocycles. The third-order valence-corrected chi connectivity index (χ3v) is 3.03. The maximum atomic E-state index is 11.3. The van der Waals surface area contributed by atoms with E-state index in [0.717, 1.165) is 11.1 Å². The molecule has 2 aromatic rings. The lowest BCUT2D eigenvalue weighted by molar-refractivity contribution is 0.100. The lowest BCUT2D eigenvalue weighted by Crippen LogP contribution is -2.13. The molecule has 0 aliphatic carbocycles. The Morgan fingerprint density at radius 2 is 1.60 bits per heavy atom. The molecule has 20 heavy (non-hydrogen) atoms. The number of nitrogen functional groups attached to an aromatic ring is 2. The van der Waals surface area contributed by atoms with Gasteiger partial charge in [0.15, 0.2) is 0 Å². The molecule has 6 N–H and O–H groups in total. The van der Waals surface area contributed by atoms with Crippen LogP contribution in [0.2, 0.25) is 0 Å². The Hall–Kier alpha value is -2.89. The molecule has 0 radical (unpaired) electrons. The molecule has 0 spiro atoms. The van der Waals surface area contributed by atoms with E-state index >= 15 is 0 Å². The standard InChI is InChI=1S/C14H14N4O2/c15-12-3-1-8(5-10(12)7-18-20)9-2-4-13(16)11(6-9)14(17)19/h1-6H,7,15-16H2,(H2,17,19). The SMILES string of the molecule is NC(=O)c1cc(-c2ccc(N)c(CN=O)c2)ccc1N. The van der Waals surface area contributed by atoms with Gasteiger partial charge in [-0.25, -0.2) is 0 Å². The van der Waals surface area contributed by atoms with Gasteiger partial charge in [0.05, 0.1) is 5.56 Å². The molecular formula is C14H14N4O2. The second kappa shape index (κ2) is 5.40. The van der Waals surface area contributed by atoms with Crippen molar-refractivity contribution in [3.05, 3.63) is 52.4 Å². The summed E-state index contributed by atoms with van der Waals surface area (Å²) in [7, 11) is 0. The van der Waals surface area contributed by atoms with E-state index in [1.165, 1.54) is 0 Å². The first kappa shape index (κ1) is 13.5. The minimum absolute atomic E-state index is 0.00266. The molecule has 0 saturated carbocycles. The normalized spacial score (nSPS) is 10.2. The minimum atomic E-state index is -0.588. The molecular weight excluding hydrogens is 256 g/mol. The van der Waals surface area contributed by atoms with Crippen LogP contribution >= 0.6 is 0 Å². The first-order chi connectivity index (χ1) is 9.52. The summed E-state index contributed by atoms with van der Waals surface area (Å²) in [5.41, 5.74) is 20.0. The Labute approximate surface area is 115 Å². The minimum Gasteiger partial charge on any atom is -0.398 e. The van der Waals surface area contributed by atoms with Gasteiger partial charge in [-0.1, -0.05) is 17.3 Å². The van der Waals surface area contributed by atoms with Crippen molar-refractivity contribution in [1.82, 2.24) is 0 Å². The zero-order valence-electron chi connectivity index (χ0n) is 10.7. The summed E-state index contributed by atoms with van der Waals surface area (Å²) in [4.78, 5) is 21.7. The second-order valence-electron chi connectivity index (χ2n) is 4.37. The summed E-state index contributed by atoms with van der Waals surface area (Å²) in [5, 5.41) is 2.84. The van der Waals surface area contributed by atoms with Crippen molar-refractivity contribution >= 4 is 17.3 Å². The molecule has 0 heterocycles. The van der Waals surface area contributed by atoms with E-state index in [1.807, 2.05) is 0 Å². The third-order valence-electron chi connectivity index (χ3n) is 3.03. The van der Waals surface area contributed by atoms with Crippen LogP contribution in [0.4, 0.5) is 11.4 Å². The lowest BCUT2D eigenvalue weighted by Gasteiger charge is -2.09. The van der Waals surface area contributed by atoms with Crippen molar-refractivity contribution < 1.29 is 4.79 Å². The molecule has 0 aliphatic heterocycles. The number of rotatable bonds is 4. The summed E-state index contributed by atoms with van der Waals surface area (Å²) >= 11 is 0. The van der Waals surface area contributed by atoms with E-state index in [4.69, 9.17) is 17.2 Å². The van der Waals surface area contributed by atoms with Crippen molar-refractivity contribution in [2.45, 2.75) is 6.54 Å². The first-order valence-electron chi connectivity index (χ1n) is 5.90. The van der Waals surface area contributed by atoms with Gasteiger partial charge in [0.1, 0.15) is 6.54 Å². The highest BCUT2D eigenvalue weighted by atomic mass is 16.3. The van der Waals surface area contributed by atoms with Gasteiger partial charge in [-0.15, -0.1) is 0 Å². The van der Waals surface area contributed by atoms with Crippen LogP contribution in [0.25, 0.3) is 11.1 Å². The smallest absolute Gasteiger partial charge is 0.250 e. The van der Waals surface area contributed by atoms with Crippen LogP contribution in [-0.4, -0.2) is 5.91 Å². The number of nitrogens with two attached hydrogens (primary N) is 3. The van der Waals surface area contributed by atoms with Gasteiger partial charge in [0.2, 0.25) is 0 Å². The Bertz CT molecular complexity index is 683. The number of amides is 1. The maximum absolute atomic E-state index is 11.3. The average molecular weight is 270 g/mol. The summed E-state index contributed by atoms with van der Waals surface area (Å²) in [6.45, 7) is -0.00266. The number of primary amides is 1. The topological polar surface area (TPSA) is 125 Å². The highest BCUT2D eigenvalue weighted by Crippen LogP contribution is 2.27.